The molecule has 1 rings (SSSR count). The number of halogens is 3. The fourth-order valence-corrected chi connectivity index (χ4v) is 2.11. The highest BCUT2D eigenvalue weighted by molar-refractivity contribution is 5.81. The van der Waals surface area contributed by atoms with E-state index in [0.29, 0.717) is 26.1 Å². The third-order valence-electron chi connectivity index (χ3n) is 3.02. The number of nitrogens with two attached hydrogens (primary N) is 1. The van der Waals surface area contributed by atoms with Crippen LogP contribution in [0.3, 0.4) is 0 Å². The van der Waals surface area contributed by atoms with Gasteiger partial charge in [0, 0.05) is 20.2 Å². The molecule has 8 heteroatoms. The molecule has 1 amide bonds. The molecule has 1 heterocycles. The largest absolute Gasteiger partial charge is 0.401 e. The molecule has 0 aromatic heterocycles. The maximum Gasteiger partial charge on any atom is 0.401 e. The van der Waals surface area contributed by atoms with Crippen molar-refractivity contribution < 1.29 is 22.7 Å². The summed E-state index contributed by atoms with van der Waals surface area (Å²) >= 11 is 0. The standard InChI is InChI=1S/C11H20F3N3O2/c1-19-6-9(15)10(18)16-4-8-2-3-17(5-8)7-11(12,13)14/h8-9H,2-7,15H2,1H3,(H,16,18). The molecule has 112 valence electrons. The Morgan fingerprint density at radius 3 is 2.84 bits per heavy atom. The Balaban J connectivity index is 2.24. The summed E-state index contributed by atoms with van der Waals surface area (Å²) in [5.41, 5.74) is 5.53. The van der Waals surface area contributed by atoms with Gasteiger partial charge in [0.2, 0.25) is 5.91 Å². The van der Waals surface area contributed by atoms with Gasteiger partial charge in [0.05, 0.1) is 13.2 Å². The van der Waals surface area contributed by atoms with Crippen molar-refractivity contribution in [1.29, 1.82) is 0 Å². The van der Waals surface area contributed by atoms with Crippen molar-refractivity contribution in [1.82, 2.24) is 10.2 Å². The maximum atomic E-state index is 12.2. The van der Waals surface area contributed by atoms with Crippen LogP contribution in [0.1, 0.15) is 6.42 Å². The van der Waals surface area contributed by atoms with E-state index in [1.54, 1.807) is 0 Å². The lowest BCUT2D eigenvalue weighted by atomic mass is 10.1. The number of amides is 1. The van der Waals surface area contributed by atoms with E-state index in [0.717, 1.165) is 0 Å². The monoisotopic (exact) mass is 283 g/mol. The molecule has 1 aliphatic rings. The van der Waals surface area contributed by atoms with E-state index >= 15 is 0 Å². The zero-order chi connectivity index (χ0) is 14.5. The van der Waals surface area contributed by atoms with Crippen molar-refractivity contribution in [2.75, 3.05) is 39.9 Å². The molecule has 0 spiro atoms. The number of alkyl halides is 3. The minimum Gasteiger partial charge on any atom is -0.383 e. The Labute approximate surface area is 110 Å². The van der Waals surface area contributed by atoms with Gasteiger partial charge in [0.1, 0.15) is 6.04 Å². The number of nitrogens with one attached hydrogen (secondary N) is 1. The van der Waals surface area contributed by atoms with Gasteiger partial charge >= 0.3 is 6.18 Å². The molecule has 19 heavy (non-hydrogen) atoms. The number of ether oxygens (including phenoxy) is 1. The van der Waals surface area contributed by atoms with Crippen molar-refractivity contribution in [2.24, 2.45) is 11.7 Å². The predicted octanol–water partition coefficient (Wildman–Crippen LogP) is -0.0395. The first-order chi connectivity index (χ1) is 8.81. The topological polar surface area (TPSA) is 67.6 Å². The molecule has 1 aliphatic heterocycles. The van der Waals surface area contributed by atoms with Crippen LogP contribution in [0.5, 0.6) is 0 Å². The second-order valence-electron chi connectivity index (χ2n) is 4.81. The van der Waals surface area contributed by atoms with Crippen LogP contribution in [-0.2, 0) is 9.53 Å². The second-order valence-corrected chi connectivity index (χ2v) is 4.81. The van der Waals surface area contributed by atoms with Gasteiger partial charge in [-0.1, -0.05) is 0 Å². The highest BCUT2D eigenvalue weighted by Gasteiger charge is 2.34. The molecule has 0 aliphatic carbocycles. The average molecular weight is 283 g/mol. The lowest BCUT2D eigenvalue weighted by Crippen LogP contribution is -2.45. The Morgan fingerprint density at radius 2 is 2.26 bits per heavy atom. The van der Waals surface area contributed by atoms with Gasteiger partial charge in [-0.3, -0.25) is 9.69 Å². The first-order valence-electron chi connectivity index (χ1n) is 6.13. The SMILES string of the molecule is COCC(N)C(=O)NCC1CCN(CC(F)(F)F)C1. The summed E-state index contributed by atoms with van der Waals surface area (Å²) in [6, 6.07) is -0.738. The van der Waals surface area contributed by atoms with Crippen LogP contribution in [0, 0.1) is 5.92 Å². The molecule has 3 N–H and O–H groups in total. The van der Waals surface area contributed by atoms with Gasteiger partial charge in [-0.15, -0.1) is 0 Å². The molecule has 0 bridgehead atoms. The summed E-state index contributed by atoms with van der Waals surface area (Å²) in [4.78, 5) is 12.8. The molecule has 0 aromatic carbocycles. The lowest BCUT2D eigenvalue weighted by molar-refractivity contribution is -0.143. The van der Waals surface area contributed by atoms with Gasteiger partial charge in [0.15, 0.2) is 0 Å². The van der Waals surface area contributed by atoms with Crippen LogP contribution in [0.2, 0.25) is 0 Å². The molecule has 5 nitrogen and oxygen atoms in total. The average Bonchev–Trinajstić information content (AvgIpc) is 2.71. The lowest BCUT2D eigenvalue weighted by Gasteiger charge is -2.18. The van der Waals surface area contributed by atoms with Crippen molar-refractivity contribution in [3.05, 3.63) is 0 Å². The molecule has 1 saturated heterocycles. The minimum absolute atomic E-state index is 0.0426. The normalized spacial score (nSPS) is 22.5. The van der Waals surface area contributed by atoms with Crippen molar-refractivity contribution in [2.45, 2.75) is 18.6 Å². The van der Waals surface area contributed by atoms with E-state index in [1.165, 1.54) is 12.0 Å². The summed E-state index contributed by atoms with van der Waals surface area (Å²) in [5, 5.41) is 2.64. The van der Waals surface area contributed by atoms with Gasteiger partial charge in [-0.25, -0.2) is 0 Å². The molecule has 0 aromatic rings. The third kappa shape index (κ3) is 6.22. The summed E-state index contributed by atoms with van der Waals surface area (Å²) < 4.78 is 41.3. The smallest absolute Gasteiger partial charge is 0.383 e. The Hall–Kier alpha value is -0.860. The Kier molecular flexibility index (Phi) is 6.02. The molecular weight excluding hydrogens is 263 g/mol. The number of hydrogen-bond donors (Lipinski definition) is 2. The Bertz CT molecular complexity index is 299. The minimum atomic E-state index is -4.17. The summed E-state index contributed by atoms with van der Waals surface area (Å²) in [7, 11) is 1.44. The van der Waals surface area contributed by atoms with Crippen LogP contribution in [0.25, 0.3) is 0 Å². The summed E-state index contributed by atoms with van der Waals surface area (Å²) in [6.45, 7) is 0.339. The third-order valence-corrected chi connectivity index (χ3v) is 3.02. The fraction of sp³-hybridized carbons (Fsp3) is 0.909. The number of nitrogens with zero attached hydrogens (tertiary/aromatic N) is 1. The summed E-state index contributed by atoms with van der Waals surface area (Å²) in [6.07, 6.45) is -3.52. The highest BCUT2D eigenvalue weighted by atomic mass is 19.4. The number of hydrogen-bond acceptors (Lipinski definition) is 4. The van der Waals surface area contributed by atoms with Crippen molar-refractivity contribution in [3.8, 4) is 0 Å². The van der Waals surface area contributed by atoms with Crippen LogP contribution >= 0.6 is 0 Å². The first kappa shape index (κ1) is 16.2. The fourth-order valence-electron chi connectivity index (χ4n) is 2.11. The van der Waals surface area contributed by atoms with Gasteiger partial charge in [0.25, 0.3) is 0 Å². The number of methoxy groups -OCH3 is 1. The van der Waals surface area contributed by atoms with Crippen LogP contribution in [0.4, 0.5) is 13.2 Å². The second kappa shape index (κ2) is 7.06. The molecule has 1 fully saturated rings. The molecule has 0 saturated carbocycles. The van der Waals surface area contributed by atoms with Crippen molar-refractivity contribution in [3.63, 3.8) is 0 Å². The van der Waals surface area contributed by atoms with E-state index in [9.17, 15) is 18.0 Å². The quantitative estimate of drug-likeness (QED) is 0.718. The number of rotatable bonds is 6. The number of carbonyl (C=O) groups excluding carboxylic acids is 1. The van der Waals surface area contributed by atoms with E-state index in [1.807, 2.05) is 0 Å². The molecule has 2 atom stereocenters. The van der Waals surface area contributed by atoms with Gasteiger partial charge < -0.3 is 15.8 Å². The molecule has 0 radical (unpaired) electrons. The van der Waals surface area contributed by atoms with Gasteiger partial charge in [-0.2, -0.15) is 13.2 Å². The van der Waals surface area contributed by atoms with Crippen LogP contribution < -0.4 is 11.1 Å². The maximum absolute atomic E-state index is 12.2. The predicted molar refractivity (Wildman–Crippen MR) is 63.5 cm³/mol. The van der Waals surface area contributed by atoms with E-state index in [-0.39, 0.29) is 18.4 Å². The number of likely N-dealkylation sites (tertiary alicyclic amines) is 1. The Morgan fingerprint density at radius 1 is 1.58 bits per heavy atom. The first-order valence-corrected chi connectivity index (χ1v) is 6.13. The number of carbonyl (C=O) groups is 1. The molecular formula is C11H20F3N3O2. The summed E-state index contributed by atoms with van der Waals surface area (Å²) in [5.74, 6) is -0.294. The van der Waals surface area contributed by atoms with E-state index in [4.69, 9.17) is 10.5 Å². The zero-order valence-corrected chi connectivity index (χ0v) is 10.9. The van der Waals surface area contributed by atoms with E-state index in [2.05, 4.69) is 5.32 Å². The van der Waals surface area contributed by atoms with Crippen LogP contribution in [0.15, 0.2) is 0 Å². The van der Waals surface area contributed by atoms with Crippen LogP contribution in [-0.4, -0.2) is 62.9 Å². The highest BCUT2D eigenvalue weighted by Crippen LogP contribution is 2.22. The van der Waals surface area contributed by atoms with Gasteiger partial charge in [-0.05, 0) is 18.9 Å². The van der Waals surface area contributed by atoms with E-state index < -0.39 is 18.8 Å². The van der Waals surface area contributed by atoms with Crippen molar-refractivity contribution >= 4 is 5.91 Å². The zero-order valence-electron chi connectivity index (χ0n) is 10.9. The molecule has 2 unspecified atom stereocenters.